The fourth-order valence-corrected chi connectivity index (χ4v) is 4.50. The van der Waals surface area contributed by atoms with Crippen molar-refractivity contribution in [1.82, 2.24) is 20.3 Å². The fraction of sp³-hybridized carbons (Fsp3) is 0.292. The van der Waals surface area contributed by atoms with Gasteiger partial charge < -0.3 is 15.3 Å². The van der Waals surface area contributed by atoms with E-state index in [1.165, 1.54) is 10.9 Å². The van der Waals surface area contributed by atoms with Crippen LogP contribution < -0.4 is 10.9 Å². The molecule has 1 aliphatic rings. The van der Waals surface area contributed by atoms with Gasteiger partial charge in [0, 0.05) is 29.4 Å². The zero-order valence-electron chi connectivity index (χ0n) is 16.7. The zero-order chi connectivity index (χ0) is 20.5. The highest BCUT2D eigenvalue weighted by Gasteiger charge is 2.25. The van der Waals surface area contributed by atoms with Crippen molar-refractivity contribution in [3.8, 4) is 0 Å². The van der Waals surface area contributed by atoms with Gasteiger partial charge in [0.05, 0.1) is 16.9 Å². The molecule has 1 atom stereocenters. The van der Waals surface area contributed by atoms with Crippen molar-refractivity contribution in [2.45, 2.75) is 44.6 Å². The quantitative estimate of drug-likeness (QED) is 0.474. The minimum atomic E-state index is -0.131. The van der Waals surface area contributed by atoms with Gasteiger partial charge in [-0.15, -0.1) is 0 Å². The number of amides is 1. The molecular formula is C24H24N4O2. The molecule has 0 radical (unpaired) electrons. The first-order valence-electron chi connectivity index (χ1n) is 10.6. The van der Waals surface area contributed by atoms with Crippen molar-refractivity contribution in [3.05, 3.63) is 76.0 Å². The summed E-state index contributed by atoms with van der Waals surface area (Å²) in [6.07, 6.45) is 4.68. The third kappa shape index (κ3) is 3.49. The number of hydrogen-bond acceptors (Lipinski definition) is 3. The van der Waals surface area contributed by atoms with Crippen LogP contribution >= 0.6 is 0 Å². The molecule has 1 unspecified atom stereocenters. The third-order valence-corrected chi connectivity index (χ3v) is 5.93. The van der Waals surface area contributed by atoms with Crippen molar-refractivity contribution in [1.29, 1.82) is 0 Å². The fourth-order valence-electron chi connectivity index (χ4n) is 4.50. The van der Waals surface area contributed by atoms with Gasteiger partial charge in [-0.05, 0) is 49.4 Å². The maximum Gasteiger partial charge on any atom is 0.258 e. The van der Waals surface area contributed by atoms with Gasteiger partial charge in [0.2, 0.25) is 5.91 Å². The molecule has 30 heavy (non-hydrogen) atoms. The first-order valence-corrected chi connectivity index (χ1v) is 10.6. The molecule has 5 rings (SSSR count). The largest absolute Gasteiger partial charge is 0.356 e. The van der Waals surface area contributed by atoms with Crippen LogP contribution in [0.3, 0.4) is 0 Å². The van der Waals surface area contributed by atoms with Gasteiger partial charge >= 0.3 is 0 Å². The predicted molar refractivity (Wildman–Crippen MR) is 117 cm³/mol. The molecule has 6 heteroatoms. The number of rotatable bonds is 5. The summed E-state index contributed by atoms with van der Waals surface area (Å²) < 4.78 is 0. The van der Waals surface area contributed by atoms with Crippen LogP contribution in [0.25, 0.3) is 21.8 Å². The number of aromatic amines is 2. The second-order valence-corrected chi connectivity index (χ2v) is 7.96. The van der Waals surface area contributed by atoms with Crippen molar-refractivity contribution in [2.24, 2.45) is 0 Å². The lowest BCUT2D eigenvalue weighted by Gasteiger charge is -2.24. The minimum Gasteiger partial charge on any atom is -0.356 e. The molecule has 0 fully saturated rings. The summed E-state index contributed by atoms with van der Waals surface area (Å²) in [6.45, 7) is 0. The molecule has 1 amide bonds. The van der Waals surface area contributed by atoms with E-state index in [0.29, 0.717) is 36.0 Å². The van der Waals surface area contributed by atoms with E-state index in [0.717, 1.165) is 30.5 Å². The van der Waals surface area contributed by atoms with Gasteiger partial charge in [0.1, 0.15) is 5.82 Å². The average molecular weight is 400 g/mol. The summed E-state index contributed by atoms with van der Waals surface area (Å²) in [7, 11) is 0. The molecule has 6 nitrogen and oxygen atoms in total. The lowest BCUT2D eigenvalue weighted by molar-refractivity contribution is -0.122. The first-order chi connectivity index (χ1) is 14.7. The van der Waals surface area contributed by atoms with E-state index >= 15 is 0 Å². The lowest BCUT2D eigenvalue weighted by atomic mass is 9.91. The van der Waals surface area contributed by atoms with Crippen LogP contribution in [0.1, 0.15) is 48.8 Å². The summed E-state index contributed by atoms with van der Waals surface area (Å²) in [5.74, 6) is 0.664. The van der Waals surface area contributed by atoms with Crippen molar-refractivity contribution in [2.75, 3.05) is 0 Å². The van der Waals surface area contributed by atoms with Crippen molar-refractivity contribution >= 4 is 27.7 Å². The van der Waals surface area contributed by atoms with Gasteiger partial charge in [-0.1, -0.05) is 30.3 Å². The highest BCUT2D eigenvalue weighted by molar-refractivity contribution is 5.85. The normalized spacial score (nSPS) is 15.9. The third-order valence-electron chi connectivity index (χ3n) is 5.93. The molecule has 152 valence electrons. The molecule has 2 heterocycles. The molecule has 1 aliphatic carbocycles. The summed E-state index contributed by atoms with van der Waals surface area (Å²) in [4.78, 5) is 35.6. The molecule has 0 saturated heterocycles. The average Bonchev–Trinajstić information content (AvgIpc) is 3.14. The Morgan fingerprint density at radius 1 is 1.07 bits per heavy atom. The van der Waals surface area contributed by atoms with Gasteiger partial charge in [-0.25, -0.2) is 4.98 Å². The SMILES string of the molecule is O=C(CCCc1nc2ccccc2c(=O)[nH]1)NC1CCCc2c1[nH]c1ccccc21. The van der Waals surface area contributed by atoms with Crippen LogP contribution in [0, 0.1) is 0 Å². The van der Waals surface area contributed by atoms with Crippen LogP contribution in [0.4, 0.5) is 0 Å². The Kier molecular flexibility index (Phi) is 4.83. The van der Waals surface area contributed by atoms with Crippen molar-refractivity contribution < 1.29 is 4.79 Å². The molecule has 3 N–H and O–H groups in total. The molecular weight excluding hydrogens is 376 g/mol. The van der Waals surface area contributed by atoms with E-state index in [4.69, 9.17) is 0 Å². The van der Waals surface area contributed by atoms with Crippen LogP contribution in [-0.4, -0.2) is 20.9 Å². The lowest BCUT2D eigenvalue weighted by Crippen LogP contribution is -2.31. The highest BCUT2D eigenvalue weighted by atomic mass is 16.1. The molecule has 0 saturated carbocycles. The number of aromatic nitrogens is 3. The van der Waals surface area contributed by atoms with Crippen LogP contribution in [0.5, 0.6) is 0 Å². The van der Waals surface area contributed by atoms with Crippen LogP contribution in [0.15, 0.2) is 53.3 Å². The number of carbonyl (C=O) groups excluding carboxylic acids is 1. The Bertz CT molecular complexity index is 1290. The maximum atomic E-state index is 12.6. The molecule has 4 aromatic rings. The number of nitrogens with one attached hydrogen (secondary N) is 3. The van der Waals surface area contributed by atoms with Crippen LogP contribution in [-0.2, 0) is 17.6 Å². The standard InChI is InChI=1S/C24H24N4O2/c29-22(14-6-13-21-25-19-11-4-2-8-17(19)24(30)28-21)26-20-12-5-9-16-15-7-1-3-10-18(15)27-23(16)20/h1-4,7-8,10-11,20,27H,5-6,9,12-14H2,(H,26,29)(H,25,28,30). The van der Waals surface area contributed by atoms with E-state index in [9.17, 15) is 9.59 Å². The monoisotopic (exact) mass is 400 g/mol. The Morgan fingerprint density at radius 3 is 2.77 bits per heavy atom. The number of para-hydroxylation sites is 2. The van der Waals surface area contributed by atoms with E-state index in [1.807, 2.05) is 24.3 Å². The number of H-pyrrole nitrogens is 2. The zero-order valence-corrected chi connectivity index (χ0v) is 16.7. The second kappa shape index (κ2) is 7.78. The Morgan fingerprint density at radius 2 is 1.87 bits per heavy atom. The molecule has 2 aromatic heterocycles. The molecule has 0 bridgehead atoms. The Hall–Kier alpha value is -3.41. The van der Waals surface area contributed by atoms with E-state index in [-0.39, 0.29) is 17.5 Å². The summed E-state index contributed by atoms with van der Waals surface area (Å²) in [5.41, 5.74) is 4.18. The molecule has 2 aromatic carbocycles. The molecule has 0 aliphatic heterocycles. The summed E-state index contributed by atoms with van der Waals surface area (Å²) >= 11 is 0. The highest BCUT2D eigenvalue weighted by Crippen LogP contribution is 2.34. The van der Waals surface area contributed by atoms with Crippen LogP contribution in [0.2, 0.25) is 0 Å². The smallest absolute Gasteiger partial charge is 0.258 e. The Balaban J connectivity index is 1.23. The maximum absolute atomic E-state index is 12.6. The minimum absolute atomic E-state index is 0.0345. The number of fused-ring (bicyclic) bond motifs is 4. The van der Waals surface area contributed by atoms with E-state index in [1.54, 1.807) is 6.07 Å². The second-order valence-electron chi connectivity index (χ2n) is 7.96. The summed E-state index contributed by atoms with van der Waals surface area (Å²) in [6, 6.07) is 15.7. The van der Waals surface area contributed by atoms with Gasteiger partial charge in [-0.3, -0.25) is 9.59 Å². The van der Waals surface area contributed by atoms with Gasteiger partial charge in [0.15, 0.2) is 0 Å². The first kappa shape index (κ1) is 18.6. The number of aryl methyl sites for hydroxylation is 2. The van der Waals surface area contributed by atoms with E-state index in [2.05, 4.69) is 38.5 Å². The number of hydrogen-bond donors (Lipinski definition) is 3. The number of carbonyl (C=O) groups is 1. The number of nitrogens with zero attached hydrogens (tertiary/aromatic N) is 1. The van der Waals surface area contributed by atoms with Gasteiger partial charge in [0.25, 0.3) is 5.56 Å². The van der Waals surface area contributed by atoms with Crippen molar-refractivity contribution in [3.63, 3.8) is 0 Å². The summed E-state index contributed by atoms with van der Waals surface area (Å²) in [5, 5.41) is 5.05. The number of benzene rings is 2. The topological polar surface area (TPSA) is 90.6 Å². The van der Waals surface area contributed by atoms with Gasteiger partial charge in [-0.2, -0.15) is 0 Å². The molecule has 0 spiro atoms. The van der Waals surface area contributed by atoms with E-state index < -0.39 is 0 Å². The predicted octanol–water partition coefficient (Wildman–Crippen LogP) is 3.92. The Labute approximate surface area is 173 Å².